The second kappa shape index (κ2) is 7.14. The fraction of sp³-hybridized carbons (Fsp3) is 0.286. The predicted molar refractivity (Wildman–Crippen MR) is 63.3 cm³/mol. The van der Waals surface area contributed by atoms with Crippen LogP contribution >= 0.6 is 0 Å². The molecule has 14 heavy (non-hydrogen) atoms. The highest BCUT2D eigenvalue weighted by Gasteiger charge is 1.89. The summed E-state index contributed by atoms with van der Waals surface area (Å²) in [6.07, 6.45) is 10.9. The lowest BCUT2D eigenvalue weighted by Crippen LogP contribution is -1.82. The summed E-state index contributed by atoms with van der Waals surface area (Å²) < 4.78 is 0. The van der Waals surface area contributed by atoms with E-state index in [-0.39, 0.29) is 0 Å². The van der Waals surface area contributed by atoms with Gasteiger partial charge in [-0.05, 0) is 31.2 Å². The van der Waals surface area contributed by atoms with Crippen molar-refractivity contribution < 1.29 is 0 Å². The van der Waals surface area contributed by atoms with Crippen molar-refractivity contribution in [1.82, 2.24) is 0 Å². The van der Waals surface area contributed by atoms with Crippen LogP contribution in [0.5, 0.6) is 0 Å². The molecule has 1 rings (SSSR count). The molecule has 74 valence electrons. The van der Waals surface area contributed by atoms with Crippen LogP contribution in [0, 0.1) is 0 Å². The van der Waals surface area contributed by atoms with Crippen molar-refractivity contribution in [2.24, 2.45) is 0 Å². The Labute approximate surface area is 87.0 Å². The molecule has 0 heteroatoms. The maximum Gasteiger partial charge on any atom is -0.0172 e. The van der Waals surface area contributed by atoms with Gasteiger partial charge in [0.2, 0.25) is 0 Å². The molecular weight excluding hydrogens is 168 g/mol. The Morgan fingerprint density at radius 2 is 1.86 bits per heavy atom. The molecule has 0 bridgehead atoms. The van der Waals surface area contributed by atoms with Gasteiger partial charge in [-0.1, -0.05) is 48.6 Å². The first-order chi connectivity index (χ1) is 6.93. The highest BCUT2D eigenvalue weighted by molar-refractivity contribution is 5.14. The van der Waals surface area contributed by atoms with Crippen molar-refractivity contribution in [2.75, 3.05) is 0 Å². The molecule has 0 saturated heterocycles. The molecule has 0 saturated carbocycles. The van der Waals surface area contributed by atoms with Gasteiger partial charge in [0.25, 0.3) is 0 Å². The van der Waals surface area contributed by atoms with Gasteiger partial charge in [-0.25, -0.2) is 0 Å². The summed E-state index contributed by atoms with van der Waals surface area (Å²) in [5, 5.41) is 0. The van der Waals surface area contributed by atoms with Crippen LogP contribution in [-0.2, 0) is 6.42 Å². The fourth-order valence-corrected chi connectivity index (χ4v) is 1.38. The van der Waals surface area contributed by atoms with Crippen molar-refractivity contribution in [3.63, 3.8) is 0 Å². The van der Waals surface area contributed by atoms with E-state index < -0.39 is 0 Å². The zero-order chi connectivity index (χ0) is 10.1. The van der Waals surface area contributed by atoms with Crippen LogP contribution in [0.25, 0.3) is 0 Å². The van der Waals surface area contributed by atoms with Crippen LogP contribution in [0.1, 0.15) is 24.8 Å². The summed E-state index contributed by atoms with van der Waals surface area (Å²) in [4.78, 5) is 0. The number of unbranched alkanes of at least 4 members (excludes halogenated alkanes) is 1. The maximum absolute atomic E-state index is 3.67. The first kappa shape index (κ1) is 10.8. The van der Waals surface area contributed by atoms with Gasteiger partial charge in [-0.2, -0.15) is 0 Å². The molecule has 0 nitrogen and oxygen atoms in total. The lowest BCUT2D eigenvalue weighted by molar-refractivity contribution is 0.841. The Hall–Kier alpha value is -1.30. The Morgan fingerprint density at radius 1 is 1.07 bits per heavy atom. The minimum Gasteiger partial charge on any atom is -0.103 e. The largest absolute Gasteiger partial charge is 0.103 e. The zero-order valence-corrected chi connectivity index (χ0v) is 8.65. The van der Waals surface area contributed by atoms with Crippen LogP contribution in [0.4, 0.5) is 0 Å². The summed E-state index contributed by atoms with van der Waals surface area (Å²) in [7, 11) is 0. The molecule has 0 heterocycles. The highest BCUT2D eigenvalue weighted by atomic mass is 13.9. The molecule has 1 aromatic rings. The third-order valence-corrected chi connectivity index (χ3v) is 2.15. The van der Waals surface area contributed by atoms with E-state index in [1.807, 2.05) is 6.08 Å². The average Bonchev–Trinajstić information content (AvgIpc) is 2.25. The lowest BCUT2D eigenvalue weighted by Gasteiger charge is -1.97. The second-order valence-corrected chi connectivity index (χ2v) is 3.37. The third-order valence-electron chi connectivity index (χ3n) is 2.15. The highest BCUT2D eigenvalue weighted by Crippen LogP contribution is 2.04. The van der Waals surface area contributed by atoms with Gasteiger partial charge < -0.3 is 0 Å². The van der Waals surface area contributed by atoms with Crippen LogP contribution in [-0.4, -0.2) is 0 Å². The Bertz CT molecular complexity index is 269. The van der Waals surface area contributed by atoms with E-state index in [0.717, 1.165) is 6.42 Å². The maximum atomic E-state index is 3.67. The van der Waals surface area contributed by atoms with Gasteiger partial charge in [-0.3, -0.25) is 0 Å². The van der Waals surface area contributed by atoms with E-state index in [2.05, 4.69) is 49.1 Å². The summed E-state index contributed by atoms with van der Waals surface area (Å²) in [6.45, 7) is 3.67. The first-order valence-electron chi connectivity index (χ1n) is 5.23. The number of allylic oxidation sites excluding steroid dienone is 3. The van der Waals surface area contributed by atoms with E-state index in [0.29, 0.717) is 0 Å². The van der Waals surface area contributed by atoms with E-state index in [9.17, 15) is 0 Å². The van der Waals surface area contributed by atoms with Gasteiger partial charge in [0.15, 0.2) is 0 Å². The molecular formula is C14H18. The molecule has 0 fully saturated rings. The van der Waals surface area contributed by atoms with Gasteiger partial charge in [0.1, 0.15) is 0 Å². The van der Waals surface area contributed by atoms with Crippen LogP contribution in [0.15, 0.2) is 55.1 Å². The molecule has 0 aliphatic rings. The van der Waals surface area contributed by atoms with E-state index in [4.69, 9.17) is 0 Å². The number of rotatable bonds is 6. The van der Waals surface area contributed by atoms with Gasteiger partial charge in [-0.15, -0.1) is 6.58 Å². The molecule has 1 aromatic carbocycles. The number of hydrogen-bond donors (Lipinski definition) is 0. The van der Waals surface area contributed by atoms with Crippen LogP contribution in [0.3, 0.4) is 0 Å². The number of aryl methyl sites for hydroxylation is 1. The van der Waals surface area contributed by atoms with Gasteiger partial charge in [0.05, 0.1) is 0 Å². The summed E-state index contributed by atoms with van der Waals surface area (Å²) >= 11 is 0. The number of hydrogen-bond acceptors (Lipinski definition) is 0. The molecule has 0 aliphatic heterocycles. The topological polar surface area (TPSA) is 0 Å². The monoisotopic (exact) mass is 186 g/mol. The summed E-state index contributed by atoms with van der Waals surface area (Å²) in [5.41, 5.74) is 1.43. The molecule has 0 N–H and O–H groups in total. The normalized spacial score (nSPS) is 10.6. The fourth-order valence-electron chi connectivity index (χ4n) is 1.38. The van der Waals surface area contributed by atoms with Gasteiger partial charge >= 0.3 is 0 Å². The minimum absolute atomic E-state index is 0.991. The lowest BCUT2D eigenvalue weighted by atomic mass is 10.1. The standard InChI is InChI=1S/C14H18/c1-2-3-4-5-6-8-11-14-12-9-7-10-13-14/h2,4-5,7,9-10,12-13H,1,3,6,8,11H2. The molecule has 0 radical (unpaired) electrons. The molecule has 0 spiro atoms. The van der Waals surface area contributed by atoms with E-state index >= 15 is 0 Å². The van der Waals surface area contributed by atoms with Gasteiger partial charge in [0, 0.05) is 0 Å². The van der Waals surface area contributed by atoms with Crippen LogP contribution in [0.2, 0.25) is 0 Å². The van der Waals surface area contributed by atoms with Crippen molar-refractivity contribution in [3.05, 3.63) is 60.7 Å². The van der Waals surface area contributed by atoms with Crippen molar-refractivity contribution >= 4 is 0 Å². The molecule has 0 unspecified atom stereocenters. The Balaban J connectivity index is 2.13. The minimum atomic E-state index is 0.991. The Morgan fingerprint density at radius 3 is 2.57 bits per heavy atom. The molecule has 0 amide bonds. The third kappa shape index (κ3) is 4.66. The zero-order valence-electron chi connectivity index (χ0n) is 8.65. The molecule has 0 aromatic heterocycles. The van der Waals surface area contributed by atoms with Crippen molar-refractivity contribution in [3.8, 4) is 0 Å². The Kier molecular flexibility index (Phi) is 5.49. The molecule has 0 aliphatic carbocycles. The number of benzene rings is 1. The van der Waals surface area contributed by atoms with E-state index in [1.165, 1.54) is 24.8 Å². The SMILES string of the molecule is C=CCC=CCCCc1ccccc1. The smallest absolute Gasteiger partial charge is 0.0172 e. The quantitative estimate of drug-likeness (QED) is 0.462. The average molecular weight is 186 g/mol. The molecule has 0 atom stereocenters. The van der Waals surface area contributed by atoms with Crippen LogP contribution < -0.4 is 0 Å². The summed E-state index contributed by atoms with van der Waals surface area (Å²) in [5.74, 6) is 0. The van der Waals surface area contributed by atoms with Crippen molar-refractivity contribution in [2.45, 2.75) is 25.7 Å². The predicted octanol–water partition coefficient (Wildman–Crippen LogP) is 4.14. The summed E-state index contributed by atoms with van der Waals surface area (Å²) in [6, 6.07) is 10.6. The van der Waals surface area contributed by atoms with Crippen molar-refractivity contribution in [1.29, 1.82) is 0 Å². The van der Waals surface area contributed by atoms with E-state index in [1.54, 1.807) is 0 Å². The second-order valence-electron chi connectivity index (χ2n) is 3.37. The first-order valence-corrected chi connectivity index (χ1v) is 5.23.